The highest BCUT2D eigenvalue weighted by Gasteiger charge is 2.28. The second-order valence-corrected chi connectivity index (χ2v) is 6.14. The van der Waals surface area contributed by atoms with E-state index >= 15 is 0 Å². The maximum absolute atomic E-state index is 12.0. The molecule has 0 atom stereocenters. The van der Waals surface area contributed by atoms with Crippen molar-refractivity contribution in [2.24, 2.45) is 0 Å². The molecule has 5 nitrogen and oxygen atoms in total. The van der Waals surface area contributed by atoms with Crippen molar-refractivity contribution in [3.63, 3.8) is 0 Å². The summed E-state index contributed by atoms with van der Waals surface area (Å²) in [4.78, 5) is 25.4. The number of fused-ring (bicyclic) bond motifs is 1. The molecule has 1 aliphatic heterocycles. The van der Waals surface area contributed by atoms with Gasteiger partial charge in [-0.05, 0) is 29.5 Å². The van der Waals surface area contributed by atoms with E-state index in [4.69, 9.17) is 9.84 Å². The van der Waals surface area contributed by atoms with Gasteiger partial charge < -0.3 is 14.7 Å². The van der Waals surface area contributed by atoms with Crippen molar-refractivity contribution in [1.82, 2.24) is 4.90 Å². The van der Waals surface area contributed by atoms with Crippen LogP contribution in [0.4, 0.5) is 4.79 Å². The molecule has 6 heteroatoms. The Hall–Kier alpha value is -2.34. The highest BCUT2D eigenvalue weighted by Crippen LogP contribution is 2.36. The Morgan fingerprint density at radius 3 is 2.77 bits per heavy atom. The number of hydrogen-bond acceptors (Lipinski definition) is 4. The summed E-state index contributed by atoms with van der Waals surface area (Å²) in [7, 11) is 1.32. The van der Waals surface area contributed by atoms with E-state index in [2.05, 4.69) is 6.07 Å². The van der Waals surface area contributed by atoms with Gasteiger partial charge in [-0.2, -0.15) is 0 Å². The van der Waals surface area contributed by atoms with Crippen LogP contribution in [-0.2, 0) is 9.53 Å². The lowest BCUT2D eigenvalue weighted by molar-refractivity contribution is -0.136. The van der Waals surface area contributed by atoms with Gasteiger partial charge in [-0.1, -0.05) is 18.2 Å². The molecule has 0 bridgehead atoms. The molecule has 1 amide bonds. The smallest absolute Gasteiger partial charge is 0.407 e. The number of benzene rings is 1. The molecule has 0 aliphatic carbocycles. The standard InChI is InChI=1S/C16H15NO4S/c1-21-15(18)12-9-17(16(19)20)7-6-11(12)14-8-10-4-2-3-5-13(10)22-14/h2-5,8H,6-7,9H2,1H3,(H,19,20). The van der Waals surface area contributed by atoms with E-state index in [0.29, 0.717) is 18.5 Å². The first-order valence-corrected chi connectivity index (χ1v) is 7.69. The lowest BCUT2D eigenvalue weighted by Gasteiger charge is -2.27. The van der Waals surface area contributed by atoms with Gasteiger partial charge in [0, 0.05) is 16.1 Å². The first-order chi connectivity index (χ1) is 10.6. The van der Waals surface area contributed by atoms with Crippen LogP contribution in [0.1, 0.15) is 11.3 Å². The summed E-state index contributed by atoms with van der Waals surface area (Å²) in [6, 6.07) is 10.1. The summed E-state index contributed by atoms with van der Waals surface area (Å²) < 4.78 is 5.98. The number of thiophene rings is 1. The third-order valence-electron chi connectivity index (χ3n) is 3.77. The second kappa shape index (κ2) is 5.81. The molecule has 0 saturated carbocycles. The van der Waals surface area contributed by atoms with Crippen LogP contribution >= 0.6 is 11.3 Å². The second-order valence-electron chi connectivity index (χ2n) is 5.05. The molecule has 0 spiro atoms. The Morgan fingerprint density at radius 2 is 2.09 bits per heavy atom. The fraction of sp³-hybridized carbons (Fsp3) is 0.250. The lowest BCUT2D eigenvalue weighted by Crippen LogP contribution is -2.37. The average molecular weight is 317 g/mol. The molecule has 0 saturated heterocycles. The van der Waals surface area contributed by atoms with Crippen molar-refractivity contribution in [3.05, 3.63) is 40.8 Å². The Labute approximate surface area is 131 Å². The van der Waals surface area contributed by atoms with E-state index < -0.39 is 12.1 Å². The number of hydrogen-bond donors (Lipinski definition) is 1. The maximum Gasteiger partial charge on any atom is 0.407 e. The molecule has 1 aliphatic rings. The molecule has 114 valence electrons. The number of methoxy groups -OCH3 is 1. The number of carboxylic acid groups (broad SMARTS) is 1. The fourth-order valence-corrected chi connectivity index (χ4v) is 3.80. The molecular formula is C16H15NO4S. The van der Waals surface area contributed by atoms with Crippen LogP contribution in [-0.4, -0.2) is 42.3 Å². The van der Waals surface area contributed by atoms with Gasteiger partial charge in [-0.3, -0.25) is 0 Å². The van der Waals surface area contributed by atoms with Crippen LogP contribution < -0.4 is 0 Å². The summed E-state index contributed by atoms with van der Waals surface area (Å²) >= 11 is 1.61. The van der Waals surface area contributed by atoms with Gasteiger partial charge in [-0.15, -0.1) is 11.3 Å². The summed E-state index contributed by atoms with van der Waals surface area (Å²) in [5.41, 5.74) is 1.33. The molecular weight excluding hydrogens is 302 g/mol. The minimum atomic E-state index is -1.02. The van der Waals surface area contributed by atoms with Gasteiger partial charge in [0.15, 0.2) is 0 Å². The molecule has 3 rings (SSSR count). The van der Waals surface area contributed by atoms with E-state index in [0.717, 1.165) is 20.5 Å². The molecule has 1 aromatic heterocycles. The third-order valence-corrected chi connectivity index (χ3v) is 4.95. The quantitative estimate of drug-likeness (QED) is 0.864. The van der Waals surface area contributed by atoms with Gasteiger partial charge >= 0.3 is 12.1 Å². The number of carbonyl (C=O) groups is 2. The van der Waals surface area contributed by atoms with Crippen LogP contribution in [0.15, 0.2) is 35.9 Å². The minimum absolute atomic E-state index is 0.0750. The monoisotopic (exact) mass is 317 g/mol. The summed E-state index contributed by atoms with van der Waals surface area (Å²) in [6.45, 7) is 0.463. The van der Waals surface area contributed by atoms with Crippen molar-refractivity contribution in [1.29, 1.82) is 0 Å². The Kier molecular flexibility index (Phi) is 3.85. The van der Waals surface area contributed by atoms with E-state index in [1.807, 2.05) is 24.3 Å². The van der Waals surface area contributed by atoms with Gasteiger partial charge in [0.25, 0.3) is 0 Å². The Balaban J connectivity index is 2.07. The zero-order chi connectivity index (χ0) is 15.7. The van der Waals surface area contributed by atoms with Crippen LogP contribution in [0, 0.1) is 0 Å². The summed E-state index contributed by atoms with van der Waals surface area (Å²) in [5, 5.41) is 10.3. The number of amides is 1. The van der Waals surface area contributed by atoms with Crippen molar-refractivity contribution in [2.45, 2.75) is 6.42 Å². The lowest BCUT2D eigenvalue weighted by atomic mass is 9.98. The van der Waals surface area contributed by atoms with Crippen molar-refractivity contribution >= 4 is 39.1 Å². The highest BCUT2D eigenvalue weighted by atomic mass is 32.1. The van der Waals surface area contributed by atoms with E-state index in [1.165, 1.54) is 12.0 Å². The number of nitrogens with zero attached hydrogens (tertiary/aromatic N) is 1. The van der Waals surface area contributed by atoms with Crippen molar-refractivity contribution < 1.29 is 19.4 Å². The number of carbonyl (C=O) groups excluding carboxylic acids is 1. The van der Waals surface area contributed by atoms with Crippen LogP contribution in [0.25, 0.3) is 15.7 Å². The molecule has 1 aromatic carbocycles. The molecule has 2 heterocycles. The predicted octanol–water partition coefficient (Wildman–Crippen LogP) is 3.21. The van der Waals surface area contributed by atoms with Crippen LogP contribution in [0.2, 0.25) is 0 Å². The van der Waals surface area contributed by atoms with E-state index in [-0.39, 0.29) is 6.54 Å². The van der Waals surface area contributed by atoms with Gasteiger partial charge in [0.05, 0.1) is 19.2 Å². The largest absolute Gasteiger partial charge is 0.466 e. The molecule has 0 fully saturated rings. The van der Waals surface area contributed by atoms with Crippen LogP contribution in [0.3, 0.4) is 0 Å². The molecule has 0 radical (unpaired) electrons. The highest BCUT2D eigenvalue weighted by molar-refractivity contribution is 7.20. The van der Waals surface area contributed by atoms with Gasteiger partial charge in [0.2, 0.25) is 0 Å². The topological polar surface area (TPSA) is 66.8 Å². The zero-order valence-electron chi connectivity index (χ0n) is 12.0. The normalized spacial score (nSPS) is 15.2. The SMILES string of the molecule is COC(=O)C1=C(c2cc3ccccc3s2)CCN(C(=O)O)C1. The maximum atomic E-state index is 12.0. The zero-order valence-corrected chi connectivity index (χ0v) is 12.9. The minimum Gasteiger partial charge on any atom is -0.466 e. The van der Waals surface area contributed by atoms with Crippen molar-refractivity contribution in [3.8, 4) is 0 Å². The third kappa shape index (κ3) is 2.57. The number of rotatable bonds is 2. The Morgan fingerprint density at radius 1 is 1.32 bits per heavy atom. The summed E-state index contributed by atoms with van der Waals surface area (Å²) in [5.74, 6) is -0.460. The molecule has 0 unspecified atom stereocenters. The number of esters is 1. The average Bonchev–Trinajstić information content (AvgIpc) is 2.97. The molecule has 22 heavy (non-hydrogen) atoms. The van der Waals surface area contributed by atoms with Crippen molar-refractivity contribution in [2.75, 3.05) is 20.2 Å². The first kappa shape index (κ1) is 14.6. The van der Waals surface area contributed by atoms with Gasteiger partial charge in [-0.25, -0.2) is 9.59 Å². The Bertz CT molecular complexity index is 744. The first-order valence-electron chi connectivity index (χ1n) is 6.87. The van der Waals surface area contributed by atoms with Crippen LogP contribution in [0.5, 0.6) is 0 Å². The van der Waals surface area contributed by atoms with E-state index in [1.54, 1.807) is 11.3 Å². The van der Waals surface area contributed by atoms with E-state index in [9.17, 15) is 9.59 Å². The molecule has 1 N–H and O–H groups in total. The summed E-state index contributed by atoms with van der Waals surface area (Å²) in [6.07, 6.45) is -0.499. The number of ether oxygens (including phenoxy) is 1. The fourth-order valence-electron chi connectivity index (χ4n) is 2.64. The predicted molar refractivity (Wildman–Crippen MR) is 85.0 cm³/mol. The molecule has 2 aromatic rings. The van der Waals surface area contributed by atoms with Gasteiger partial charge in [0.1, 0.15) is 0 Å².